The van der Waals surface area contributed by atoms with Crippen LogP contribution < -0.4 is 5.73 Å². The van der Waals surface area contributed by atoms with Gasteiger partial charge in [-0.1, -0.05) is 0 Å². The Kier molecular flexibility index (Phi) is 4.52. The van der Waals surface area contributed by atoms with Gasteiger partial charge in [-0.3, -0.25) is 4.98 Å². The number of pyridine rings is 1. The predicted octanol–water partition coefficient (Wildman–Crippen LogP) is 2.31. The van der Waals surface area contributed by atoms with E-state index < -0.39 is 5.60 Å². The smallest absolute Gasteiger partial charge is 0.410 e. The lowest BCUT2D eigenvalue weighted by atomic mass is 9.73. The third kappa shape index (κ3) is 3.73. The van der Waals surface area contributed by atoms with Crippen LogP contribution in [0.5, 0.6) is 0 Å². The zero-order valence-electron chi connectivity index (χ0n) is 13.1. The second-order valence-corrected chi connectivity index (χ2v) is 6.69. The number of likely N-dealkylation sites (tertiary alicyclic amines) is 1. The van der Waals surface area contributed by atoms with Gasteiger partial charge in [0.15, 0.2) is 0 Å². The molecule has 1 amide bonds. The van der Waals surface area contributed by atoms with Gasteiger partial charge in [-0.25, -0.2) is 4.79 Å². The molecule has 2 heterocycles. The van der Waals surface area contributed by atoms with E-state index in [1.54, 1.807) is 17.3 Å². The van der Waals surface area contributed by atoms with E-state index in [4.69, 9.17) is 10.5 Å². The van der Waals surface area contributed by atoms with Crippen LogP contribution in [0.25, 0.3) is 0 Å². The van der Waals surface area contributed by atoms with Crippen molar-refractivity contribution in [3.63, 3.8) is 0 Å². The fourth-order valence-corrected chi connectivity index (χ4v) is 2.76. The SMILES string of the molecule is CC(C)(C)OC(=O)N1CCC(CN)(c2ccncc2)CC1. The molecule has 1 saturated heterocycles. The minimum absolute atomic E-state index is 0.0541. The first-order valence-electron chi connectivity index (χ1n) is 7.45. The molecule has 0 unspecified atom stereocenters. The first kappa shape index (κ1) is 15.8. The van der Waals surface area contributed by atoms with E-state index >= 15 is 0 Å². The second kappa shape index (κ2) is 6.02. The molecule has 0 atom stereocenters. The Labute approximate surface area is 126 Å². The quantitative estimate of drug-likeness (QED) is 0.908. The summed E-state index contributed by atoms with van der Waals surface area (Å²) in [5.41, 5.74) is 6.74. The molecule has 0 spiro atoms. The van der Waals surface area contributed by atoms with Crippen LogP contribution in [0.4, 0.5) is 4.79 Å². The summed E-state index contributed by atoms with van der Waals surface area (Å²) < 4.78 is 5.43. The predicted molar refractivity (Wildman–Crippen MR) is 82.0 cm³/mol. The molecule has 0 saturated carbocycles. The van der Waals surface area contributed by atoms with Crippen molar-refractivity contribution in [3.05, 3.63) is 30.1 Å². The molecule has 1 aliphatic rings. The first-order valence-corrected chi connectivity index (χ1v) is 7.45. The van der Waals surface area contributed by atoms with Crippen molar-refractivity contribution in [2.45, 2.75) is 44.6 Å². The Balaban J connectivity index is 2.03. The number of hydrogen-bond acceptors (Lipinski definition) is 4. The Morgan fingerprint density at radius 2 is 1.90 bits per heavy atom. The number of ether oxygens (including phenoxy) is 1. The molecule has 1 fully saturated rings. The fourth-order valence-electron chi connectivity index (χ4n) is 2.76. The van der Waals surface area contributed by atoms with Crippen molar-refractivity contribution >= 4 is 6.09 Å². The molecule has 0 aromatic carbocycles. The largest absolute Gasteiger partial charge is 0.444 e. The molecule has 0 bridgehead atoms. The van der Waals surface area contributed by atoms with Crippen molar-refractivity contribution in [2.75, 3.05) is 19.6 Å². The van der Waals surface area contributed by atoms with Gasteiger partial charge in [0.1, 0.15) is 5.60 Å². The molecule has 5 nitrogen and oxygen atoms in total. The molecular weight excluding hydrogens is 266 g/mol. The maximum Gasteiger partial charge on any atom is 0.410 e. The molecule has 0 aliphatic carbocycles. The van der Waals surface area contributed by atoms with E-state index in [-0.39, 0.29) is 11.5 Å². The summed E-state index contributed by atoms with van der Waals surface area (Å²) in [5.74, 6) is 0. The van der Waals surface area contributed by atoms with Crippen LogP contribution in [0.2, 0.25) is 0 Å². The number of aromatic nitrogens is 1. The van der Waals surface area contributed by atoms with Crippen molar-refractivity contribution in [2.24, 2.45) is 5.73 Å². The molecule has 1 aliphatic heterocycles. The number of rotatable bonds is 2. The standard InChI is InChI=1S/C16H25N3O2/c1-15(2,3)21-14(20)19-10-6-16(12-17,7-11-19)13-4-8-18-9-5-13/h4-5,8-9H,6-7,10-12,17H2,1-3H3. The molecular formula is C16H25N3O2. The van der Waals surface area contributed by atoms with Crippen LogP contribution in [-0.2, 0) is 10.2 Å². The Hall–Kier alpha value is -1.62. The number of hydrogen-bond donors (Lipinski definition) is 1. The van der Waals surface area contributed by atoms with E-state index in [0.717, 1.165) is 12.8 Å². The molecule has 2 rings (SSSR count). The van der Waals surface area contributed by atoms with E-state index in [1.807, 2.05) is 32.9 Å². The van der Waals surface area contributed by atoms with Crippen LogP contribution in [0, 0.1) is 0 Å². The maximum atomic E-state index is 12.1. The minimum atomic E-state index is -0.454. The lowest BCUT2D eigenvalue weighted by Gasteiger charge is -2.41. The molecule has 21 heavy (non-hydrogen) atoms. The summed E-state index contributed by atoms with van der Waals surface area (Å²) in [7, 11) is 0. The number of nitrogens with two attached hydrogens (primary N) is 1. The molecule has 5 heteroatoms. The average molecular weight is 291 g/mol. The topological polar surface area (TPSA) is 68.5 Å². The van der Waals surface area contributed by atoms with Gasteiger partial charge in [-0.15, -0.1) is 0 Å². The van der Waals surface area contributed by atoms with Crippen LogP contribution in [0.3, 0.4) is 0 Å². The van der Waals surface area contributed by atoms with Gasteiger partial charge in [-0.05, 0) is 51.3 Å². The lowest BCUT2D eigenvalue weighted by molar-refractivity contribution is 0.0167. The molecule has 2 N–H and O–H groups in total. The van der Waals surface area contributed by atoms with Crippen molar-refractivity contribution in [1.82, 2.24) is 9.88 Å². The molecule has 0 radical (unpaired) electrons. The van der Waals surface area contributed by atoms with Gasteiger partial charge >= 0.3 is 6.09 Å². The van der Waals surface area contributed by atoms with Crippen LogP contribution >= 0.6 is 0 Å². The zero-order chi connectivity index (χ0) is 15.5. The monoisotopic (exact) mass is 291 g/mol. The van der Waals surface area contributed by atoms with E-state index in [1.165, 1.54) is 5.56 Å². The second-order valence-electron chi connectivity index (χ2n) is 6.69. The van der Waals surface area contributed by atoms with Crippen LogP contribution in [-0.4, -0.2) is 41.2 Å². The highest BCUT2D eigenvalue weighted by Crippen LogP contribution is 2.34. The van der Waals surface area contributed by atoms with Crippen molar-refractivity contribution in [1.29, 1.82) is 0 Å². The fraction of sp³-hybridized carbons (Fsp3) is 0.625. The highest BCUT2D eigenvalue weighted by atomic mass is 16.6. The Morgan fingerprint density at radius 1 is 1.33 bits per heavy atom. The molecule has 1 aromatic rings. The van der Waals surface area contributed by atoms with Crippen molar-refractivity contribution < 1.29 is 9.53 Å². The first-order chi connectivity index (χ1) is 9.86. The van der Waals surface area contributed by atoms with Gasteiger partial charge in [0.05, 0.1) is 0 Å². The van der Waals surface area contributed by atoms with E-state index in [9.17, 15) is 4.79 Å². The summed E-state index contributed by atoms with van der Waals surface area (Å²) in [5, 5.41) is 0. The van der Waals surface area contributed by atoms with Gasteiger partial charge in [0.25, 0.3) is 0 Å². The van der Waals surface area contributed by atoms with Crippen LogP contribution in [0.1, 0.15) is 39.2 Å². The summed E-state index contributed by atoms with van der Waals surface area (Å²) in [6.45, 7) is 7.59. The summed E-state index contributed by atoms with van der Waals surface area (Å²) in [6, 6.07) is 4.05. The van der Waals surface area contributed by atoms with Gasteiger partial charge in [0, 0.05) is 37.4 Å². The summed E-state index contributed by atoms with van der Waals surface area (Å²) in [4.78, 5) is 18.0. The third-order valence-corrected chi connectivity index (χ3v) is 4.06. The highest BCUT2D eigenvalue weighted by Gasteiger charge is 2.37. The highest BCUT2D eigenvalue weighted by molar-refractivity contribution is 5.68. The van der Waals surface area contributed by atoms with Crippen molar-refractivity contribution in [3.8, 4) is 0 Å². The van der Waals surface area contributed by atoms with E-state index in [2.05, 4.69) is 4.98 Å². The zero-order valence-corrected chi connectivity index (χ0v) is 13.1. The molecule has 1 aromatic heterocycles. The number of nitrogens with zero attached hydrogens (tertiary/aromatic N) is 2. The lowest BCUT2D eigenvalue weighted by Crippen LogP contribution is -2.49. The van der Waals surface area contributed by atoms with E-state index in [0.29, 0.717) is 19.6 Å². The van der Waals surface area contributed by atoms with Crippen LogP contribution in [0.15, 0.2) is 24.5 Å². The summed E-state index contributed by atoms with van der Waals surface area (Å²) >= 11 is 0. The normalized spacial score (nSPS) is 18.4. The third-order valence-electron chi connectivity index (χ3n) is 4.06. The number of piperidine rings is 1. The van der Waals surface area contributed by atoms with Gasteiger partial charge in [0.2, 0.25) is 0 Å². The Bertz CT molecular complexity index is 474. The van der Waals surface area contributed by atoms with Gasteiger partial charge < -0.3 is 15.4 Å². The average Bonchev–Trinajstić information content (AvgIpc) is 2.46. The Morgan fingerprint density at radius 3 is 2.38 bits per heavy atom. The van der Waals surface area contributed by atoms with Gasteiger partial charge in [-0.2, -0.15) is 0 Å². The number of amides is 1. The minimum Gasteiger partial charge on any atom is -0.444 e. The molecule has 116 valence electrons. The summed E-state index contributed by atoms with van der Waals surface area (Å²) in [6.07, 6.45) is 5.07. The number of carbonyl (C=O) groups excluding carboxylic acids is 1. The number of carbonyl (C=O) groups is 1. The maximum absolute atomic E-state index is 12.1.